The summed E-state index contributed by atoms with van der Waals surface area (Å²) < 4.78 is 44.9. The van der Waals surface area contributed by atoms with Crippen molar-refractivity contribution in [1.82, 2.24) is 9.97 Å². The van der Waals surface area contributed by atoms with E-state index in [0.717, 1.165) is 0 Å². The van der Waals surface area contributed by atoms with Gasteiger partial charge in [0.2, 0.25) is 0 Å². The van der Waals surface area contributed by atoms with E-state index in [-0.39, 0.29) is 38.9 Å². The number of oxazole rings is 1. The van der Waals surface area contributed by atoms with E-state index in [2.05, 4.69) is 9.97 Å². The molecule has 0 spiro atoms. The number of ether oxygens (including phenoxy) is 2. The number of halogens is 4. The van der Waals surface area contributed by atoms with E-state index in [4.69, 9.17) is 42.8 Å². The molecule has 0 radical (unpaired) electrons. The molecule has 0 aliphatic rings. The molecule has 0 aliphatic carbocycles. The fraction of sp³-hybridized carbons (Fsp3) is 0.176. The second kappa shape index (κ2) is 7.58. The lowest BCUT2D eigenvalue weighted by Gasteiger charge is -2.12. The maximum Gasteiger partial charge on any atom is 0.305 e. The van der Waals surface area contributed by atoms with E-state index in [1.807, 2.05) is 0 Å². The summed E-state index contributed by atoms with van der Waals surface area (Å²) in [6, 6.07) is 2.60. The molecule has 2 heterocycles. The van der Waals surface area contributed by atoms with Crippen LogP contribution in [0.4, 0.5) is 14.5 Å². The van der Waals surface area contributed by atoms with Crippen molar-refractivity contribution in [3.8, 4) is 34.5 Å². The Balaban J connectivity index is 2.22. The Kier molecular flexibility index (Phi) is 5.38. The summed E-state index contributed by atoms with van der Waals surface area (Å²) in [5, 5.41) is -0.196. The van der Waals surface area contributed by atoms with Crippen LogP contribution in [-0.4, -0.2) is 23.7 Å². The minimum Gasteiger partial charge on any atom is -0.492 e. The molecule has 3 rings (SSSR count). The maximum absolute atomic E-state index is 14.7. The summed E-state index contributed by atoms with van der Waals surface area (Å²) in [5.74, 6) is -2.08. The highest BCUT2D eigenvalue weighted by Gasteiger charge is 2.25. The summed E-state index contributed by atoms with van der Waals surface area (Å²) >= 11 is 12.0. The molecule has 0 aliphatic heterocycles. The molecule has 6 nitrogen and oxygen atoms in total. The van der Waals surface area contributed by atoms with Gasteiger partial charge in [-0.1, -0.05) is 23.2 Å². The Morgan fingerprint density at radius 3 is 2.59 bits per heavy atom. The van der Waals surface area contributed by atoms with Gasteiger partial charge in [0.15, 0.2) is 17.4 Å². The number of anilines is 1. The van der Waals surface area contributed by atoms with Crippen LogP contribution in [0.15, 0.2) is 22.7 Å². The molecule has 27 heavy (non-hydrogen) atoms. The third-order valence-electron chi connectivity index (χ3n) is 3.59. The highest BCUT2D eigenvalue weighted by atomic mass is 35.5. The fourth-order valence-electron chi connectivity index (χ4n) is 2.36. The monoisotopic (exact) mass is 415 g/mol. The number of pyridine rings is 1. The highest BCUT2D eigenvalue weighted by molar-refractivity contribution is 6.35. The summed E-state index contributed by atoms with van der Waals surface area (Å²) in [4.78, 5) is 8.06. The molecule has 3 aromatic rings. The molecule has 0 atom stereocenters. The van der Waals surface area contributed by atoms with Gasteiger partial charge in [0, 0.05) is 5.56 Å². The molecular weight excluding hydrogens is 403 g/mol. The number of nitrogens with two attached hydrogens (primary N) is 1. The number of nitrogen functional groups attached to an aromatic ring is 1. The van der Waals surface area contributed by atoms with Gasteiger partial charge in [0.05, 0.1) is 29.4 Å². The van der Waals surface area contributed by atoms with Crippen LogP contribution in [-0.2, 0) is 0 Å². The van der Waals surface area contributed by atoms with E-state index in [0.29, 0.717) is 6.61 Å². The van der Waals surface area contributed by atoms with Crippen molar-refractivity contribution >= 4 is 28.9 Å². The number of methoxy groups -OCH3 is 1. The Labute approximate surface area is 162 Å². The standard InChI is InChI=1S/C17H13Cl2F2N3O3/c1-3-26-9-6-23-17(27-9)15-10(19)13(22)12(21)14(24-15)7-4-5-8(18)16(25-2)11(7)20/h4-6H,3H2,1-2H3,(H2,22,24). The average Bonchev–Trinajstić information content (AvgIpc) is 3.10. The van der Waals surface area contributed by atoms with E-state index >= 15 is 0 Å². The van der Waals surface area contributed by atoms with Gasteiger partial charge in [-0.05, 0) is 19.1 Å². The maximum atomic E-state index is 14.7. The van der Waals surface area contributed by atoms with Gasteiger partial charge in [-0.25, -0.2) is 18.7 Å². The minimum absolute atomic E-state index is 0.0235. The van der Waals surface area contributed by atoms with Crippen molar-refractivity contribution in [2.24, 2.45) is 0 Å². The lowest BCUT2D eigenvalue weighted by atomic mass is 10.1. The smallest absolute Gasteiger partial charge is 0.305 e. The van der Waals surface area contributed by atoms with Crippen molar-refractivity contribution < 1.29 is 22.7 Å². The average molecular weight is 416 g/mol. The van der Waals surface area contributed by atoms with Crippen LogP contribution in [0, 0.1) is 11.6 Å². The van der Waals surface area contributed by atoms with Gasteiger partial charge >= 0.3 is 5.95 Å². The van der Waals surface area contributed by atoms with Crippen molar-refractivity contribution in [2.45, 2.75) is 6.92 Å². The van der Waals surface area contributed by atoms with Crippen LogP contribution in [0.5, 0.6) is 11.7 Å². The predicted octanol–water partition coefficient (Wildman–Crippen LogP) is 4.98. The van der Waals surface area contributed by atoms with Crippen LogP contribution in [0.1, 0.15) is 6.92 Å². The zero-order valence-electron chi connectivity index (χ0n) is 14.1. The van der Waals surface area contributed by atoms with Gasteiger partial charge in [0.1, 0.15) is 17.6 Å². The number of rotatable bonds is 5. The van der Waals surface area contributed by atoms with Crippen molar-refractivity contribution in [3.05, 3.63) is 40.0 Å². The first-order chi connectivity index (χ1) is 12.9. The van der Waals surface area contributed by atoms with E-state index < -0.39 is 23.0 Å². The van der Waals surface area contributed by atoms with Crippen LogP contribution in [0.2, 0.25) is 10.0 Å². The van der Waals surface area contributed by atoms with Gasteiger partial charge in [-0.2, -0.15) is 0 Å². The first kappa shape index (κ1) is 19.2. The summed E-state index contributed by atoms with van der Waals surface area (Å²) in [7, 11) is 1.24. The largest absolute Gasteiger partial charge is 0.492 e. The molecule has 0 saturated carbocycles. The third-order valence-corrected chi connectivity index (χ3v) is 4.27. The summed E-state index contributed by atoms with van der Waals surface area (Å²) in [6.45, 7) is 2.11. The van der Waals surface area contributed by atoms with Gasteiger partial charge < -0.3 is 19.6 Å². The molecule has 2 aromatic heterocycles. The zero-order valence-corrected chi connectivity index (χ0v) is 15.7. The topological polar surface area (TPSA) is 83.4 Å². The Hall–Kier alpha value is -2.58. The first-order valence-electron chi connectivity index (χ1n) is 7.64. The quantitative estimate of drug-likeness (QED) is 0.632. The predicted molar refractivity (Wildman–Crippen MR) is 97.2 cm³/mol. The van der Waals surface area contributed by atoms with Crippen LogP contribution < -0.4 is 15.2 Å². The Morgan fingerprint density at radius 1 is 1.19 bits per heavy atom. The minimum atomic E-state index is -0.997. The fourth-order valence-corrected chi connectivity index (χ4v) is 2.79. The number of hydrogen-bond acceptors (Lipinski definition) is 6. The van der Waals surface area contributed by atoms with Crippen molar-refractivity contribution in [2.75, 3.05) is 19.5 Å². The number of hydrogen-bond donors (Lipinski definition) is 1. The second-order valence-corrected chi connectivity index (χ2v) is 6.00. The molecule has 0 fully saturated rings. The lowest BCUT2D eigenvalue weighted by Crippen LogP contribution is -2.03. The first-order valence-corrected chi connectivity index (χ1v) is 8.40. The Bertz CT molecular complexity index is 1010. The summed E-state index contributed by atoms with van der Waals surface area (Å²) in [5.41, 5.74) is 4.65. The normalized spacial score (nSPS) is 10.9. The van der Waals surface area contributed by atoms with E-state index in [1.165, 1.54) is 25.4 Å². The van der Waals surface area contributed by atoms with Gasteiger partial charge in [0.25, 0.3) is 5.89 Å². The number of aromatic nitrogens is 2. The molecule has 0 amide bonds. The second-order valence-electron chi connectivity index (χ2n) is 5.21. The Morgan fingerprint density at radius 2 is 1.93 bits per heavy atom. The number of benzene rings is 1. The molecule has 0 saturated heterocycles. The van der Waals surface area contributed by atoms with E-state index in [9.17, 15) is 8.78 Å². The van der Waals surface area contributed by atoms with Crippen LogP contribution in [0.3, 0.4) is 0 Å². The van der Waals surface area contributed by atoms with Crippen molar-refractivity contribution in [1.29, 1.82) is 0 Å². The summed E-state index contributed by atoms with van der Waals surface area (Å²) in [6.07, 6.45) is 1.31. The molecule has 2 N–H and O–H groups in total. The van der Waals surface area contributed by atoms with Crippen LogP contribution >= 0.6 is 23.2 Å². The molecule has 10 heteroatoms. The molecule has 142 valence electrons. The van der Waals surface area contributed by atoms with Crippen LogP contribution in [0.25, 0.3) is 22.8 Å². The molecule has 1 aromatic carbocycles. The van der Waals surface area contributed by atoms with Crippen molar-refractivity contribution in [3.63, 3.8) is 0 Å². The third kappa shape index (κ3) is 3.38. The number of nitrogens with zero attached hydrogens (tertiary/aromatic N) is 2. The van der Waals surface area contributed by atoms with E-state index in [1.54, 1.807) is 6.92 Å². The highest BCUT2D eigenvalue weighted by Crippen LogP contribution is 2.40. The SMILES string of the molecule is CCOc1cnc(-c2nc(-c3ccc(Cl)c(OC)c3F)c(F)c(N)c2Cl)o1. The molecule has 0 unspecified atom stereocenters. The zero-order chi connectivity index (χ0) is 19.7. The molecule has 0 bridgehead atoms. The lowest BCUT2D eigenvalue weighted by molar-refractivity contribution is 0.260. The molecular formula is C17H13Cl2F2N3O3. The van der Waals surface area contributed by atoms with Gasteiger partial charge in [-0.15, -0.1) is 0 Å². The van der Waals surface area contributed by atoms with Gasteiger partial charge in [-0.3, -0.25) is 0 Å².